The first-order valence-electron chi connectivity index (χ1n) is 2.76. The molecule has 2 aliphatic heterocycles. The Morgan fingerprint density at radius 2 is 1.06 bits per heavy atom. The number of amides is 4. The summed E-state index contributed by atoms with van der Waals surface area (Å²) in [6.45, 7) is 0. The molecule has 18 heavy (non-hydrogen) atoms. The molecule has 0 bridgehead atoms. The third-order valence-corrected chi connectivity index (χ3v) is 1.75. The maximum atomic E-state index is 10.6. The van der Waals surface area contributed by atoms with Crippen molar-refractivity contribution < 1.29 is 183 Å². The van der Waals surface area contributed by atoms with Crippen molar-refractivity contribution in [1.29, 1.82) is 0 Å². The fraction of sp³-hybridized carbons (Fsp3) is 0.286. The van der Waals surface area contributed by atoms with Gasteiger partial charge in [-0.1, -0.05) is 7.43 Å². The van der Waals surface area contributed by atoms with Gasteiger partial charge in [0.1, 0.15) is 0 Å². The molecule has 0 unspecified atom stereocenters. The van der Waals surface area contributed by atoms with Gasteiger partial charge in [0.15, 0.2) is 0 Å². The molecule has 87 valence electrons. The SMILES string of the molecule is C.O=C1[N-]C(=O)C12C(=O)NC2=O.[CH3-].[Y].[Y].[Y].[Y].[Y]. The Morgan fingerprint density at radius 3 is 1.17 bits per heavy atom. The van der Waals surface area contributed by atoms with E-state index in [1.807, 2.05) is 0 Å². The van der Waals surface area contributed by atoms with E-state index in [9.17, 15) is 19.2 Å². The van der Waals surface area contributed by atoms with Gasteiger partial charge in [0.05, 0.1) is 11.8 Å². The van der Waals surface area contributed by atoms with Crippen LogP contribution in [0.15, 0.2) is 0 Å². The molecule has 2 aliphatic rings. The van der Waals surface area contributed by atoms with E-state index < -0.39 is 29.0 Å². The van der Waals surface area contributed by atoms with Gasteiger partial charge in [-0.25, -0.2) is 0 Å². The first-order chi connectivity index (χ1) is 5.10. The van der Waals surface area contributed by atoms with Gasteiger partial charge >= 0.3 is 0 Å². The van der Waals surface area contributed by atoms with E-state index in [1.165, 1.54) is 0 Å². The Morgan fingerprint density at radius 1 is 0.778 bits per heavy atom. The van der Waals surface area contributed by atoms with E-state index in [-0.39, 0.29) is 178 Å². The minimum atomic E-state index is -2.06. The Kier molecular flexibility index (Phi) is 30.2. The molecule has 2 heterocycles. The zero-order valence-electron chi connectivity index (χ0n) is 8.97. The molecule has 0 aliphatic carbocycles. The van der Waals surface area contributed by atoms with Crippen LogP contribution in [0.2, 0.25) is 0 Å². The largest absolute Gasteiger partial charge is 0.592 e. The van der Waals surface area contributed by atoms with E-state index >= 15 is 0 Å². The summed E-state index contributed by atoms with van der Waals surface area (Å²) in [5.74, 6) is -3.60. The van der Waals surface area contributed by atoms with Crippen molar-refractivity contribution in [3.8, 4) is 0 Å². The molecule has 0 aromatic heterocycles. The maximum absolute atomic E-state index is 10.6. The van der Waals surface area contributed by atoms with Gasteiger partial charge in [-0.05, 0) is 0 Å². The van der Waals surface area contributed by atoms with Crippen LogP contribution in [0.5, 0.6) is 0 Å². The molecule has 0 saturated carbocycles. The number of nitrogens with one attached hydrogen (secondary N) is 1. The molecule has 0 aromatic rings. The zero-order chi connectivity index (χ0) is 8.22. The van der Waals surface area contributed by atoms with Crippen LogP contribution in [-0.2, 0) is 183 Å². The van der Waals surface area contributed by atoms with Crippen LogP contribution in [-0.4, -0.2) is 23.6 Å². The minimum absolute atomic E-state index is 0. The van der Waals surface area contributed by atoms with Gasteiger partial charge in [0.25, 0.3) is 11.8 Å². The van der Waals surface area contributed by atoms with Gasteiger partial charge in [-0.3, -0.25) is 14.9 Å². The van der Waals surface area contributed by atoms with Crippen LogP contribution >= 0.6 is 0 Å². The molecule has 1 spiro atoms. The summed E-state index contributed by atoms with van der Waals surface area (Å²) in [4.78, 5) is 42.5. The van der Waals surface area contributed by atoms with E-state index in [2.05, 4.69) is 5.32 Å². The van der Waals surface area contributed by atoms with E-state index in [0.29, 0.717) is 0 Å². The molecule has 1 N–H and O–H groups in total. The van der Waals surface area contributed by atoms with Gasteiger partial charge < -0.3 is 22.3 Å². The van der Waals surface area contributed by atoms with Gasteiger partial charge in [0, 0.05) is 164 Å². The second kappa shape index (κ2) is 14.4. The fourth-order valence-corrected chi connectivity index (χ4v) is 1.02. The second-order valence-electron chi connectivity index (χ2n) is 2.26. The number of hydrogen-bond acceptors (Lipinski definition) is 4. The summed E-state index contributed by atoms with van der Waals surface area (Å²) in [6.07, 6.45) is 0. The summed E-state index contributed by atoms with van der Waals surface area (Å²) in [6, 6.07) is 0. The van der Waals surface area contributed by atoms with Crippen LogP contribution < -0.4 is 5.32 Å². The molecular weight excluding hydrogens is 621 g/mol. The summed E-state index contributed by atoms with van der Waals surface area (Å²) < 4.78 is 0. The van der Waals surface area contributed by atoms with E-state index in [0.717, 1.165) is 0 Å². The maximum Gasteiger partial charge on any atom is 0.254 e. The van der Waals surface area contributed by atoms with Crippen molar-refractivity contribution >= 4 is 23.6 Å². The average Bonchev–Trinajstić information content (AvgIpc) is 1.86. The summed E-state index contributed by atoms with van der Waals surface area (Å²) in [7, 11) is 0. The van der Waals surface area contributed by atoms with Crippen LogP contribution in [0.1, 0.15) is 7.43 Å². The number of imide groups is 2. The van der Waals surface area contributed by atoms with Crippen molar-refractivity contribution in [3.05, 3.63) is 12.7 Å². The van der Waals surface area contributed by atoms with Gasteiger partial charge in [-0.15, -0.1) is 0 Å². The predicted molar refractivity (Wildman–Crippen MR) is 42.1 cm³/mol. The Hall–Kier alpha value is 3.80. The molecule has 2 fully saturated rings. The Balaban J connectivity index is -0.0000000514. The van der Waals surface area contributed by atoms with Crippen LogP contribution in [0, 0.1) is 12.8 Å². The Bertz CT molecular complexity index is 272. The predicted octanol–water partition coefficient (Wildman–Crippen LogP) is -0.856. The second-order valence-corrected chi connectivity index (χ2v) is 2.26. The first kappa shape index (κ1) is 37.8. The van der Waals surface area contributed by atoms with E-state index in [1.54, 1.807) is 5.32 Å². The first-order valence-corrected chi connectivity index (χ1v) is 2.76. The average molecular weight is 629 g/mol. The minimum Gasteiger partial charge on any atom is -0.592 e. The van der Waals surface area contributed by atoms with Crippen LogP contribution in [0.3, 0.4) is 0 Å². The van der Waals surface area contributed by atoms with Crippen molar-refractivity contribution in [2.45, 2.75) is 7.43 Å². The molecule has 11 heteroatoms. The number of rotatable bonds is 0. The van der Waals surface area contributed by atoms with Gasteiger partial charge in [0.2, 0.25) is 5.41 Å². The standard InChI is InChI=1S/C5H2N2O4.CH4.CH3.5Y/c8-1-5(2(9)6-1)3(10)7-4(5)11;;;;;;;/h(H2,6,7,8,9,10,11);1H4;1H3;;;;;/q;;-1;;;;;/p-1. The van der Waals surface area contributed by atoms with Crippen molar-refractivity contribution in [1.82, 2.24) is 5.32 Å². The molecule has 4 amide bonds. The molecule has 2 rings (SSSR count). The monoisotopic (exact) mass is 629 g/mol. The number of β-lactam (4-membered cyclic amide) rings is 4. The summed E-state index contributed by atoms with van der Waals surface area (Å²) in [5.41, 5.74) is -2.06. The molecule has 0 aromatic carbocycles. The summed E-state index contributed by atoms with van der Waals surface area (Å²) >= 11 is 0. The number of carbonyl (C=O) groups is 4. The third-order valence-electron chi connectivity index (χ3n) is 1.75. The smallest absolute Gasteiger partial charge is 0.254 e. The third kappa shape index (κ3) is 5.46. The Labute approximate surface area is 232 Å². The number of carbonyl (C=O) groups excluding carboxylic acids is 4. The molecule has 6 nitrogen and oxygen atoms in total. The summed E-state index contributed by atoms with van der Waals surface area (Å²) in [5, 5.41) is 4.62. The molecule has 2 saturated heterocycles. The van der Waals surface area contributed by atoms with Crippen molar-refractivity contribution in [2.24, 2.45) is 5.41 Å². The quantitative estimate of drug-likeness (QED) is 0.215. The number of nitrogens with zero attached hydrogens (tertiary/aromatic N) is 1. The van der Waals surface area contributed by atoms with Crippen molar-refractivity contribution in [2.75, 3.05) is 0 Å². The molecular formula is C7H8N2O4Y5-2. The molecule has 0 atom stereocenters. The van der Waals surface area contributed by atoms with Crippen LogP contribution in [0.25, 0.3) is 5.32 Å². The molecule has 5 radical (unpaired) electrons. The topological polar surface area (TPSA) is 94.4 Å². The van der Waals surface area contributed by atoms with Crippen LogP contribution in [0.4, 0.5) is 0 Å². The fourth-order valence-electron chi connectivity index (χ4n) is 1.02. The van der Waals surface area contributed by atoms with Crippen molar-refractivity contribution in [3.63, 3.8) is 0 Å². The normalized spacial score (nSPS) is 15.6. The van der Waals surface area contributed by atoms with Gasteiger partial charge in [-0.2, -0.15) is 0 Å². The zero-order valence-corrected chi connectivity index (χ0v) is 23.2. The number of hydrogen-bond donors (Lipinski definition) is 1. The van der Waals surface area contributed by atoms with E-state index in [4.69, 9.17) is 0 Å².